The van der Waals surface area contributed by atoms with Gasteiger partial charge in [0.25, 0.3) is 5.91 Å². The van der Waals surface area contributed by atoms with Crippen molar-refractivity contribution in [1.82, 2.24) is 4.90 Å². The van der Waals surface area contributed by atoms with Crippen molar-refractivity contribution in [3.8, 4) is 5.75 Å². The highest BCUT2D eigenvalue weighted by molar-refractivity contribution is 5.98. The first kappa shape index (κ1) is 26.4. The van der Waals surface area contributed by atoms with Crippen molar-refractivity contribution in [1.29, 1.82) is 0 Å². The van der Waals surface area contributed by atoms with Gasteiger partial charge in [-0.25, -0.2) is 0 Å². The maximum atomic E-state index is 13.3. The average molecular weight is 453 g/mol. The van der Waals surface area contributed by atoms with Crippen molar-refractivity contribution in [2.75, 3.05) is 26.5 Å². The smallest absolute Gasteiger partial charge is 0.253 e. The number of para-hydroxylation sites is 1. The Morgan fingerprint density at radius 3 is 2.36 bits per heavy atom. The van der Waals surface area contributed by atoms with E-state index in [0.29, 0.717) is 17.7 Å². The standard InChI is InChI=1S/C28H40N2O3/c1-8-9-10-13-20(22-14-11-12-15-25(22)33-7)19-26(31)29-24-18-21(27(32)30(5)6)16-17-23(24)28(2,3)4/h11-12,14-18,20H,8-10,13,19H2,1-7H3,(H,29,31). The Morgan fingerprint density at radius 1 is 1.06 bits per heavy atom. The topological polar surface area (TPSA) is 58.6 Å². The number of amides is 2. The van der Waals surface area contributed by atoms with E-state index < -0.39 is 0 Å². The number of rotatable bonds is 10. The van der Waals surface area contributed by atoms with E-state index in [1.807, 2.05) is 30.3 Å². The summed E-state index contributed by atoms with van der Waals surface area (Å²) in [7, 11) is 5.13. The Balaban J connectivity index is 2.33. The summed E-state index contributed by atoms with van der Waals surface area (Å²) < 4.78 is 5.59. The van der Waals surface area contributed by atoms with Crippen molar-refractivity contribution in [3.63, 3.8) is 0 Å². The van der Waals surface area contributed by atoms with Crippen molar-refractivity contribution in [2.24, 2.45) is 0 Å². The first-order valence-corrected chi connectivity index (χ1v) is 11.9. The fraction of sp³-hybridized carbons (Fsp3) is 0.500. The molecule has 2 aromatic carbocycles. The molecule has 180 valence electrons. The lowest BCUT2D eigenvalue weighted by atomic mass is 9.84. The molecule has 1 N–H and O–H groups in total. The Hall–Kier alpha value is -2.82. The average Bonchev–Trinajstić information content (AvgIpc) is 2.77. The van der Waals surface area contributed by atoms with Crippen molar-refractivity contribution < 1.29 is 14.3 Å². The van der Waals surface area contributed by atoms with Crippen molar-refractivity contribution in [2.45, 2.75) is 71.1 Å². The van der Waals surface area contributed by atoms with Gasteiger partial charge in [0.2, 0.25) is 5.91 Å². The second-order valence-corrected chi connectivity index (χ2v) is 9.90. The highest BCUT2D eigenvalue weighted by Gasteiger charge is 2.24. The van der Waals surface area contributed by atoms with Crippen LogP contribution in [-0.4, -0.2) is 37.9 Å². The number of anilines is 1. The summed E-state index contributed by atoms with van der Waals surface area (Å²) >= 11 is 0. The summed E-state index contributed by atoms with van der Waals surface area (Å²) in [6, 6.07) is 13.5. The predicted octanol–water partition coefficient (Wildman–Crippen LogP) is 6.39. The van der Waals surface area contributed by atoms with E-state index in [-0.39, 0.29) is 23.1 Å². The third-order valence-corrected chi connectivity index (χ3v) is 5.92. The van der Waals surface area contributed by atoms with Crippen LogP contribution in [0, 0.1) is 0 Å². The van der Waals surface area contributed by atoms with Gasteiger partial charge in [0.05, 0.1) is 7.11 Å². The molecule has 1 unspecified atom stereocenters. The van der Waals surface area contributed by atoms with Crippen LogP contribution in [0.15, 0.2) is 42.5 Å². The molecule has 2 rings (SSSR count). The summed E-state index contributed by atoms with van der Waals surface area (Å²) in [5.41, 5.74) is 3.16. The van der Waals surface area contributed by atoms with Gasteiger partial charge in [-0.3, -0.25) is 9.59 Å². The Kier molecular flexibility index (Phi) is 9.51. The van der Waals surface area contributed by atoms with E-state index in [4.69, 9.17) is 4.74 Å². The largest absolute Gasteiger partial charge is 0.496 e. The van der Waals surface area contributed by atoms with E-state index in [9.17, 15) is 9.59 Å². The van der Waals surface area contributed by atoms with E-state index in [0.717, 1.165) is 42.6 Å². The lowest BCUT2D eigenvalue weighted by Crippen LogP contribution is -2.24. The SMILES string of the molecule is CCCCCC(CC(=O)Nc1cc(C(=O)N(C)C)ccc1C(C)(C)C)c1ccccc1OC. The molecule has 0 spiro atoms. The van der Waals surface area contributed by atoms with E-state index in [1.165, 1.54) is 0 Å². The lowest BCUT2D eigenvalue weighted by molar-refractivity contribution is -0.116. The second-order valence-electron chi connectivity index (χ2n) is 9.90. The van der Waals surface area contributed by atoms with E-state index in [2.05, 4.69) is 39.1 Å². The number of hydrogen-bond acceptors (Lipinski definition) is 3. The van der Waals surface area contributed by atoms with Crippen LogP contribution in [0.3, 0.4) is 0 Å². The minimum atomic E-state index is -0.175. The molecule has 0 aromatic heterocycles. The minimum absolute atomic E-state index is 0.0534. The molecule has 0 saturated heterocycles. The highest BCUT2D eigenvalue weighted by atomic mass is 16.5. The second kappa shape index (κ2) is 11.9. The lowest BCUT2D eigenvalue weighted by Gasteiger charge is -2.25. The predicted molar refractivity (Wildman–Crippen MR) is 136 cm³/mol. The molecule has 0 bridgehead atoms. The maximum Gasteiger partial charge on any atom is 0.253 e. The number of methoxy groups -OCH3 is 1. The summed E-state index contributed by atoms with van der Waals surface area (Å²) in [5.74, 6) is 0.748. The molecule has 33 heavy (non-hydrogen) atoms. The van der Waals surface area contributed by atoms with Gasteiger partial charge in [-0.05, 0) is 47.1 Å². The zero-order valence-electron chi connectivity index (χ0n) is 21.3. The fourth-order valence-corrected chi connectivity index (χ4v) is 4.13. The van der Waals surface area contributed by atoms with Crippen LogP contribution in [0.25, 0.3) is 0 Å². The summed E-state index contributed by atoms with van der Waals surface area (Å²) in [5, 5.41) is 3.13. The number of nitrogens with zero attached hydrogens (tertiary/aromatic N) is 1. The molecule has 5 nitrogen and oxygen atoms in total. The summed E-state index contributed by atoms with van der Waals surface area (Å²) in [4.78, 5) is 27.3. The van der Waals surface area contributed by atoms with Gasteiger partial charge < -0.3 is 15.0 Å². The third kappa shape index (κ3) is 7.34. The zero-order valence-corrected chi connectivity index (χ0v) is 21.3. The van der Waals surface area contributed by atoms with Crippen LogP contribution in [0.4, 0.5) is 5.69 Å². The minimum Gasteiger partial charge on any atom is -0.496 e. The van der Waals surface area contributed by atoms with Gasteiger partial charge in [0.15, 0.2) is 0 Å². The number of carbonyl (C=O) groups is 2. The number of nitrogens with one attached hydrogen (secondary N) is 1. The Labute approximate surface area is 199 Å². The van der Waals surface area contributed by atoms with Gasteiger partial charge in [-0.15, -0.1) is 0 Å². The molecule has 0 fully saturated rings. The van der Waals surface area contributed by atoms with Gasteiger partial charge in [-0.2, -0.15) is 0 Å². The third-order valence-electron chi connectivity index (χ3n) is 5.92. The fourth-order valence-electron chi connectivity index (χ4n) is 4.13. The van der Waals surface area contributed by atoms with Gasteiger partial charge in [0.1, 0.15) is 5.75 Å². The van der Waals surface area contributed by atoms with Crippen LogP contribution < -0.4 is 10.1 Å². The Morgan fingerprint density at radius 2 is 1.76 bits per heavy atom. The zero-order chi connectivity index (χ0) is 24.6. The van der Waals surface area contributed by atoms with Crippen molar-refractivity contribution in [3.05, 3.63) is 59.2 Å². The molecule has 1 atom stereocenters. The van der Waals surface area contributed by atoms with Crippen LogP contribution in [0.5, 0.6) is 5.75 Å². The van der Waals surface area contributed by atoms with E-state index >= 15 is 0 Å². The number of ether oxygens (including phenoxy) is 1. The van der Waals surface area contributed by atoms with Crippen LogP contribution >= 0.6 is 0 Å². The van der Waals surface area contributed by atoms with Crippen LogP contribution in [-0.2, 0) is 10.2 Å². The molecule has 0 aliphatic carbocycles. The summed E-state index contributed by atoms with van der Waals surface area (Å²) in [6.45, 7) is 8.50. The van der Waals surface area contributed by atoms with Gasteiger partial charge in [0, 0.05) is 31.8 Å². The van der Waals surface area contributed by atoms with Crippen LogP contribution in [0.1, 0.15) is 87.2 Å². The molecule has 0 aliphatic rings. The molecular weight excluding hydrogens is 412 g/mol. The molecule has 5 heteroatoms. The number of unbranched alkanes of at least 4 members (excludes halogenated alkanes) is 2. The normalized spacial score (nSPS) is 12.2. The van der Waals surface area contributed by atoms with E-state index in [1.54, 1.807) is 32.2 Å². The first-order valence-electron chi connectivity index (χ1n) is 11.9. The van der Waals surface area contributed by atoms with Crippen molar-refractivity contribution >= 4 is 17.5 Å². The molecule has 0 heterocycles. The van der Waals surface area contributed by atoms with Gasteiger partial charge >= 0.3 is 0 Å². The molecule has 0 aliphatic heterocycles. The molecule has 2 aromatic rings. The quantitative estimate of drug-likeness (QED) is 0.425. The first-order chi connectivity index (χ1) is 15.6. The highest BCUT2D eigenvalue weighted by Crippen LogP contribution is 2.35. The number of carbonyl (C=O) groups excluding carboxylic acids is 2. The van der Waals surface area contributed by atoms with Gasteiger partial charge in [-0.1, -0.05) is 71.2 Å². The molecule has 2 amide bonds. The molecular formula is C28H40N2O3. The summed E-state index contributed by atoms with van der Waals surface area (Å²) in [6.07, 6.45) is 4.61. The number of benzene rings is 2. The number of hydrogen-bond donors (Lipinski definition) is 1. The maximum absolute atomic E-state index is 13.3. The monoisotopic (exact) mass is 452 g/mol. The van der Waals surface area contributed by atoms with Crippen LogP contribution in [0.2, 0.25) is 0 Å². The molecule has 0 radical (unpaired) electrons. The Bertz CT molecular complexity index is 944. The molecule has 0 saturated carbocycles.